The smallest absolute Gasteiger partial charge is 0.226 e. The van der Waals surface area contributed by atoms with Gasteiger partial charge in [-0.3, -0.25) is 0 Å². The Morgan fingerprint density at radius 1 is 1.55 bits per heavy atom. The van der Waals surface area contributed by atoms with Gasteiger partial charge in [-0.1, -0.05) is 0 Å². The summed E-state index contributed by atoms with van der Waals surface area (Å²) in [5.74, 6) is 0. The molecular weight excluding hydrogens is 140 g/mol. The molecule has 2 N–H and O–H groups in total. The molecule has 0 aliphatic rings. The molecule has 3 heteroatoms. The van der Waals surface area contributed by atoms with Crippen LogP contribution in [0.3, 0.4) is 0 Å². The monoisotopic (exact) mass is 148 g/mol. The van der Waals surface area contributed by atoms with Gasteiger partial charge >= 0.3 is 0 Å². The van der Waals surface area contributed by atoms with E-state index in [1.165, 1.54) is 0 Å². The molecule has 11 heavy (non-hydrogen) atoms. The third-order valence-electron chi connectivity index (χ3n) is 1.65. The van der Waals surface area contributed by atoms with Crippen LogP contribution in [0.2, 0.25) is 0 Å². The maximum absolute atomic E-state index is 5.47. The molecule has 0 aliphatic carbocycles. The molecule has 0 aliphatic heterocycles. The molecule has 0 aromatic carbocycles. The fourth-order valence-corrected chi connectivity index (χ4v) is 1.08. The van der Waals surface area contributed by atoms with Gasteiger partial charge in [0.15, 0.2) is 0 Å². The van der Waals surface area contributed by atoms with E-state index in [0.717, 1.165) is 10.9 Å². The molecule has 2 aromatic rings. The predicted molar refractivity (Wildman–Crippen MR) is 41.9 cm³/mol. The van der Waals surface area contributed by atoms with Gasteiger partial charge in [0.25, 0.3) is 0 Å². The van der Waals surface area contributed by atoms with Crippen molar-refractivity contribution >= 4 is 11.1 Å². The van der Waals surface area contributed by atoms with Crippen molar-refractivity contribution in [1.82, 2.24) is 4.98 Å². The van der Waals surface area contributed by atoms with Gasteiger partial charge in [-0.05, 0) is 12.1 Å². The lowest BCUT2D eigenvalue weighted by Crippen LogP contribution is -1.93. The van der Waals surface area contributed by atoms with Gasteiger partial charge in [-0.2, -0.15) is 0 Å². The summed E-state index contributed by atoms with van der Waals surface area (Å²) < 4.78 is 5.15. The molecule has 0 radical (unpaired) electrons. The Kier molecular flexibility index (Phi) is 1.36. The summed E-state index contributed by atoms with van der Waals surface area (Å²) in [4.78, 5) is 4.03. The number of aromatic nitrogens is 1. The summed E-state index contributed by atoms with van der Waals surface area (Å²) in [7, 11) is 0. The zero-order valence-corrected chi connectivity index (χ0v) is 5.95. The van der Waals surface area contributed by atoms with Crippen molar-refractivity contribution in [2.24, 2.45) is 5.73 Å². The van der Waals surface area contributed by atoms with E-state index in [0.29, 0.717) is 12.3 Å². The van der Waals surface area contributed by atoms with E-state index >= 15 is 0 Å². The minimum absolute atomic E-state index is 0.499. The minimum atomic E-state index is 0.499. The van der Waals surface area contributed by atoms with Crippen LogP contribution < -0.4 is 5.73 Å². The summed E-state index contributed by atoms with van der Waals surface area (Å²) in [6.07, 6.45) is 3.35. The Bertz CT molecular complexity index is 367. The summed E-state index contributed by atoms with van der Waals surface area (Å²) >= 11 is 0. The number of pyridine rings is 1. The van der Waals surface area contributed by atoms with Crippen LogP contribution in [0.25, 0.3) is 11.1 Å². The molecule has 56 valence electrons. The number of hydrogen-bond acceptors (Lipinski definition) is 3. The molecule has 3 nitrogen and oxygen atoms in total. The van der Waals surface area contributed by atoms with Crippen molar-refractivity contribution in [1.29, 1.82) is 0 Å². The molecular formula is C8H8N2O. The van der Waals surface area contributed by atoms with Crippen molar-refractivity contribution in [3.63, 3.8) is 0 Å². The van der Waals surface area contributed by atoms with Crippen LogP contribution in [0, 0.1) is 0 Å². The highest BCUT2D eigenvalue weighted by atomic mass is 16.3. The number of hydrogen-bond donors (Lipinski definition) is 1. The lowest BCUT2D eigenvalue weighted by atomic mass is 10.2. The van der Waals surface area contributed by atoms with Crippen LogP contribution in [-0.4, -0.2) is 4.98 Å². The summed E-state index contributed by atoms with van der Waals surface area (Å²) in [6, 6.07) is 3.82. The van der Waals surface area contributed by atoms with E-state index < -0.39 is 0 Å². The number of rotatable bonds is 1. The topological polar surface area (TPSA) is 52.0 Å². The SMILES string of the molecule is NCc1coc2ncccc12. The van der Waals surface area contributed by atoms with Crippen LogP contribution >= 0.6 is 0 Å². The van der Waals surface area contributed by atoms with Gasteiger partial charge < -0.3 is 10.2 Å². The van der Waals surface area contributed by atoms with E-state index in [-0.39, 0.29) is 0 Å². The summed E-state index contributed by atoms with van der Waals surface area (Å²) in [6.45, 7) is 0.499. The average molecular weight is 148 g/mol. The average Bonchev–Trinajstić information content (AvgIpc) is 2.47. The summed E-state index contributed by atoms with van der Waals surface area (Å²) in [5.41, 5.74) is 7.14. The van der Waals surface area contributed by atoms with E-state index in [9.17, 15) is 0 Å². The van der Waals surface area contributed by atoms with E-state index in [1.54, 1.807) is 12.5 Å². The lowest BCUT2D eigenvalue weighted by molar-refractivity contribution is 0.598. The number of fused-ring (bicyclic) bond motifs is 1. The molecule has 0 bridgehead atoms. The van der Waals surface area contributed by atoms with Crippen LogP contribution in [0.15, 0.2) is 29.0 Å². The maximum atomic E-state index is 5.47. The Morgan fingerprint density at radius 3 is 3.27 bits per heavy atom. The van der Waals surface area contributed by atoms with Crippen LogP contribution in [0.4, 0.5) is 0 Å². The second-order valence-corrected chi connectivity index (χ2v) is 2.32. The fourth-order valence-electron chi connectivity index (χ4n) is 1.08. The quantitative estimate of drug-likeness (QED) is 0.662. The highest BCUT2D eigenvalue weighted by molar-refractivity contribution is 5.77. The zero-order chi connectivity index (χ0) is 7.68. The highest BCUT2D eigenvalue weighted by Crippen LogP contribution is 2.17. The largest absolute Gasteiger partial charge is 0.446 e. The van der Waals surface area contributed by atoms with E-state index in [2.05, 4.69) is 4.98 Å². The molecule has 0 fully saturated rings. The first-order chi connectivity index (χ1) is 5.42. The third kappa shape index (κ3) is 0.897. The van der Waals surface area contributed by atoms with E-state index in [4.69, 9.17) is 10.2 Å². The second kappa shape index (κ2) is 2.36. The van der Waals surface area contributed by atoms with Crippen molar-refractivity contribution in [2.45, 2.75) is 6.54 Å². The Morgan fingerprint density at radius 2 is 2.45 bits per heavy atom. The first kappa shape index (κ1) is 6.37. The van der Waals surface area contributed by atoms with Gasteiger partial charge in [0.2, 0.25) is 5.71 Å². The zero-order valence-electron chi connectivity index (χ0n) is 5.95. The number of nitrogens with two attached hydrogens (primary N) is 1. The Balaban J connectivity index is 2.76. The fraction of sp³-hybridized carbons (Fsp3) is 0.125. The Labute approximate surface area is 63.8 Å². The standard InChI is InChI=1S/C8H8N2O/c9-4-6-5-11-8-7(6)2-1-3-10-8/h1-3,5H,4,9H2. The van der Waals surface area contributed by atoms with Gasteiger partial charge in [-0.25, -0.2) is 4.98 Å². The van der Waals surface area contributed by atoms with Gasteiger partial charge in [0.1, 0.15) is 0 Å². The molecule has 0 unspecified atom stereocenters. The molecule has 0 spiro atoms. The highest BCUT2D eigenvalue weighted by Gasteiger charge is 2.02. The van der Waals surface area contributed by atoms with Gasteiger partial charge in [0, 0.05) is 23.7 Å². The molecule has 2 heterocycles. The van der Waals surface area contributed by atoms with Crippen LogP contribution in [-0.2, 0) is 6.54 Å². The maximum Gasteiger partial charge on any atom is 0.226 e. The molecule has 0 saturated heterocycles. The molecule has 0 atom stereocenters. The van der Waals surface area contributed by atoms with E-state index in [1.807, 2.05) is 12.1 Å². The van der Waals surface area contributed by atoms with Gasteiger partial charge in [-0.15, -0.1) is 0 Å². The number of furan rings is 1. The Hall–Kier alpha value is -1.35. The predicted octanol–water partition coefficient (Wildman–Crippen LogP) is 1.29. The first-order valence-electron chi connectivity index (χ1n) is 3.43. The molecule has 0 amide bonds. The van der Waals surface area contributed by atoms with Crippen molar-refractivity contribution in [3.05, 3.63) is 30.2 Å². The van der Waals surface area contributed by atoms with Gasteiger partial charge in [0.05, 0.1) is 6.26 Å². The van der Waals surface area contributed by atoms with Crippen LogP contribution in [0.5, 0.6) is 0 Å². The lowest BCUT2D eigenvalue weighted by Gasteiger charge is -1.87. The number of nitrogens with zero attached hydrogens (tertiary/aromatic N) is 1. The normalized spacial score (nSPS) is 10.6. The molecule has 2 aromatic heterocycles. The van der Waals surface area contributed by atoms with Crippen molar-refractivity contribution < 1.29 is 4.42 Å². The first-order valence-corrected chi connectivity index (χ1v) is 3.43. The second-order valence-electron chi connectivity index (χ2n) is 2.32. The van der Waals surface area contributed by atoms with Crippen molar-refractivity contribution in [2.75, 3.05) is 0 Å². The third-order valence-corrected chi connectivity index (χ3v) is 1.65. The molecule has 0 saturated carbocycles. The summed E-state index contributed by atoms with van der Waals surface area (Å²) in [5, 5.41) is 1.01. The van der Waals surface area contributed by atoms with Crippen molar-refractivity contribution in [3.8, 4) is 0 Å². The van der Waals surface area contributed by atoms with Crippen LogP contribution in [0.1, 0.15) is 5.56 Å². The minimum Gasteiger partial charge on any atom is -0.446 e. The molecule has 2 rings (SSSR count).